The van der Waals surface area contributed by atoms with E-state index in [1.54, 1.807) is 18.6 Å². The Hall–Kier alpha value is -1.48. The maximum absolute atomic E-state index is 11.7. The van der Waals surface area contributed by atoms with Crippen molar-refractivity contribution < 1.29 is 17.9 Å². The molecule has 0 aromatic heterocycles. The maximum Gasteiger partial charge on any atom is 0.422 e. The molecule has 4 N–H and O–H groups in total. The van der Waals surface area contributed by atoms with Crippen molar-refractivity contribution in [3.63, 3.8) is 0 Å². The number of nitrogen functional groups attached to an aromatic ring is 1. The third-order valence-corrected chi connectivity index (χ3v) is 3.38. The predicted molar refractivity (Wildman–Crippen MR) is 75.8 cm³/mol. The van der Waals surface area contributed by atoms with Crippen LogP contribution in [0.1, 0.15) is 13.8 Å². The molecule has 0 fully saturated rings. The summed E-state index contributed by atoms with van der Waals surface area (Å²) in [5.41, 5.74) is 6.25. The summed E-state index contributed by atoms with van der Waals surface area (Å²) >= 11 is 3.16. The number of anilines is 2. The number of nitrogens with two attached hydrogens (primary N) is 1. The lowest BCUT2D eigenvalue weighted by atomic mass is 10.3. The minimum absolute atomic E-state index is 0.249. The quantitative estimate of drug-likeness (QED) is 0.716. The van der Waals surface area contributed by atoms with Crippen LogP contribution in [0.25, 0.3) is 0 Å². The van der Waals surface area contributed by atoms with Crippen molar-refractivity contribution in [2.45, 2.75) is 20.0 Å². The van der Waals surface area contributed by atoms with Crippen LogP contribution in [0.5, 0.6) is 0 Å². The highest BCUT2D eigenvalue weighted by molar-refractivity contribution is 9.10. The molecule has 0 bridgehead atoms. The second-order valence-corrected chi connectivity index (χ2v) is 6.17. The number of hydrogen-bond donors (Lipinski definition) is 3. The van der Waals surface area contributed by atoms with E-state index in [1.165, 1.54) is 18.2 Å². The van der Waals surface area contributed by atoms with E-state index >= 15 is 0 Å². The van der Waals surface area contributed by atoms with Gasteiger partial charge in [0.1, 0.15) is 0 Å². The van der Waals surface area contributed by atoms with Gasteiger partial charge in [-0.3, -0.25) is 4.72 Å². The Morgan fingerprint density at radius 2 is 2.05 bits per heavy atom. The molecule has 1 amide bonds. The van der Waals surface area contributed by atoms with Gasteiger partial charge in [0, 0.05) is 10.2 Å². The molecule has 0 aliphatic carbocycles. The molecule has 1 rings (SSSR count). The van der Waals surface area contributed by atoms with Crippen molar-refractivity contribution in [2.75, 3.05) is 10.5 Å². The van der Waals surface area contributed by atoms with Gasteiger partial charge in [0.15, 0.2) is 0 Å². The van der Waals surface area contributed by atoms with Gasteiger partial charge in [0.25, 0.3) is 0 Å². The summed E-state index contributed by atoms with van der Waals surface area (Å²) in [6, 6.07) is 4.52. The molecule has 106 valence electrons. The van der Waals surface area contributed by atoms with E-state index in [0.717, 1.165) is 0 Å². The highest BCUT2D eigenvalue weighted by Gasteiger charge is 2.17. The van der Waals surface area contributed by atoms with Crippen LogP contribution in [0.2, 0.25) is 0 Å². The van der Waals surface area contributed by atoms with Crippen LogP contribution in [0.4, 0.5) is 16.2 Å². The van der Waals surface area contributed by atoms with E-state index in [9.17, 15) is 13.2 Å². The molecule has 0 heterocycles. The van der Waals surface area contributed by atoms with Crippen molar-refractivity contribution in [3.8, 4) is 0 Å². The Morgan fingerprint density at radius 1 is 1.42 bits per heavy atom. The lowest BCUT2D eigenvalue weighted by Gasteiger charge is -2.12. The molecular formula is C10H14BrN3O4S. The van der Waals surface area contributed by atoms with Gasteiger partial charge in [-0.15, -0.1) is 0 Å². The number of benzene rings is 1. The number of nitrogens with one attached hydrogen (secondary N) is 2. The van der Waals surface area contributed by atoms with Gasteiger partial charge in [-0.25, -0.2) is 9.52 Å². The van der Waals surface area contributed by atoms with Crippen molar-refractivity contribution in [2.24, 2.45) is 0 Å². The molecule has 19 heavy (non-hydrogen) atoms. The fraction of sp³-hybridized carbons (Fsp3) is 0.300. The van der Waals surface area contributed by atoms with E-state index in [4.69, 9.17) is 5.73 Å². The zero-order valence-electron chi connectivity index (χ0n) is 10.3. The SMILES string of the molecule is CC(C)OC(=O)NS(=O)(=O)Nc1ccc(N)cc1Br. The summed E-state index contributed by atoms with van der Waals surface area (Å²) in [6.45, 7) is 3.21. The molecule has 0 atom stereocenters. The lowest BCUT2D eigenvalue weighted by Crippen LogP contribution is -2.36. The number of rotatable bonds is 4. The van der Waals surface area contributed by atoms with E-state index < -0.39 is 22.4 Å². The van der Waals surface area contributed by atoms with E-state index in [-0.39, 0.29) is 5.69 Å². The Kier molecular flexibility index (Phi) is 5.01. The topological polar surface area (TPSA) is 111 Å². The standard InChI is InChI=1S/C10H14BrN3O4S/c1-6(2)18-10(15)14-19(16,17)13-9-4-3-7(12)5-8(9)11/h3-6,13H,12H2,1-2H3,(H,14,15). The monoisotopic (exact) mass is 351 g/mol. The van der Waals surface area contributed by atoms with Crippen LogP contribution >= 0.6 is 15.9 Å². The molecule has 0 saturated heterocycles. The fourth-order valence-corrected chi connectivity index (χ4v) is 2.55. The molecule has 0 spiro atoms. The first kappa shape index (κ1) is 15.6. The lowest BCUT2D eigenvalue weighted by molar-refractivity contribution is 0.121. The molecule has 1 aromatic carbocycles. The number of carbonyl (C=O) groups excluding carboxylic acids is 1. The van der Waals surface area contributed by atoms with Crippen LogP contribution in [0, 0.1) is 0 Å². The molecule has 0 unspecified atom stereocenters. The summed E-state index contributed by atoms with van der Waals surface area (Å²) < 4.78 is 32.3. The molecule has 0 radical (unpaired) electrons. The second-order valence-electron chi connectivity index (χ2n) is 3.90. The van der Waals surface area contributed by atoms with Crippen LogP contribution in [-0.4, -0.2) is 20.6 Å². The minimum atomic E-state index is -4.06. The van der Waals surface area contributed by atoms with Crippen LogP contribution in [0.3, 0.4) is 0 Å². The van der Waals surface area contributed by atoms with Crippen molar-refractivity contribution >= 4 is 43.6 Å². The van der Waals surface area contributed by atoms with Gasteiger partial charge >= 0.3 is 16.3 Å². The Labute approximate surface area is 119 Å². The third kappa shape index (κ3) is 5.35. The first-order chi connectivity index (χ1) is 8.69. The number of ether oxygens (including phenoxy) is 1. The highest BCUT2D eigenvalue weighted by Crippen LogP contribution is 2.25. The molecule has 9 heteroatoms. The van der Waals surface area contributed by atoms with E-state index in [2.05, 4.69) is 25.4 Å². The third-order valence-electron chi connectivity index (χ3n) is 1.80. The first-order valence-corrected chi connectivity index (χ1v) is 7.53. The van der Waals surface area contributed by atoms with Crippen molar-refractivity contribution in [3.05, 3.63) is 22.7 Å². The summed E-state index contributed by atoms with van der Waals surface area (Å²) in [6.07, 6.45) is -1.47. The van der Waals surface area contributed by atoms with Crippen molar-refractivity contribution in [1.29, 1.82) is 0 Å². The van der Waals surface area contributed by atoms with Gasteiger partial charge in [0.05, 0.1) is 11.8 Å². The van der Waals surface area contributed by atoms with Crippen molar-refractivity contribution in [1.82, 2.24) is 4.72 Å². The highest BCUT2D eigenvalue weighted by atomic mass is 79.9. The van der Waals surface area contributed by atoms with E-state index in [1.807, 2.05) is 0 Å². The summed E-state index contributed by atoms with van der Waals surface area (Å²) in [4.78, 5) is 11.2. The zero-order chi connectivity index (χ0) is 14.6. The Balaban J connectivity index is 2.77. The molecule has 0 aliphatic heterocycles. The molecule has 7 nitrogen and oxygen atoms in total. The van der Waals surface area contributed by atoms with Crippen LogP contribution in [0.15, 0.2) is 22.7 Å². The number of carbonyl (C=O) groups is 1. The van der Waals surface area contributed by atoms with Gasteiger partial charge in [-0.05, 0) is 48.0 Å². The van der Waals surface area contributed by atoms with Gasteiger partial charge in [0.2, 0.25) is 0 Å². The molecule has 0 saturated carbocycles. The fourth-order valence-electron chi connectivity index (χ4n) is 1.13. The average Bonchev–Trinajstić information content (AvgIpc) is 2.19. The number of halogens is 1. The summed E-state index contributed by atoms with van der Waals surface area (Å²) in [5, 5.41) is 0. The Morgan fingerprint density at radius 3 is 2.58 bits per heavy atom. The predicted octanol–water partition coefficient (Wildman–Crippen LogP) is 1.82. The normalized spacial score (nSPS) is 11.2. The molecular weight excluding hydrogens is 338 g/mol. The van der Waals surface area contributed by atoms with Gasteiger partial charge in [-0.1, -0.05) is 0 Å². The number of hydrogen-bond acceptors (Lipinski definition) is 5. The summed E-state index contributed by atoms with van der Waals surface area (Å²) in [5.74, 6) is 0. The maximum atomic E-state index is 11.7. The second kappa shape index (κ2) is 6.11. The Bertz CT molecular complexity index is 574. The summed E-state index contributed by atoms with van der Waals surface area (Å²) in [7, 11) is -4.06. The van der Waals surface area contributed by atoms with E-state index in [0.29, 0.717) is 10.2 Å². The molecule has 0 aliphatic rings. The van der Waals surface area contributed by atoms with Gasteiger partial charge in [-0.2, -0.15) is 8.42 Å². The minimum Gasteiger partial charge on any atom is -0.446 e. The van der Waals surface area contributed by atoms with Crippen LogP contribution in [-0.2, 0) is 14.9 Å². The van der Waals surface area contributed by atoms with Crippen LogP contribution < -0.4 is 15.2 Å². The first-order valence-electron chi connectivity index (χ1n) is 5.26. The zero-order valence-corrected chi connectivity index (χ0v) is 12.7. The average molecular weight is 352 g/mol. The molecule has 1 aromatic rings. The smallest absolute Gasteiger partial charge is 0.422 e. The number of amides is 1. The van der Waals surface area contributed by atoms with Gasteiger partial charge < -0.3 is 10.5 Å². The largest absolute Gasteiger partial charge is 0.446 e.